The minimum Gasteiger partial charge on any atom is -0.508 e. The van der Waals surface area contributed by atoms with Crippen molar-refractivity contribution >= 4 is 11.8 Å². The number of thioether (sulfide) groups is 1. The number of hydrogen-bond donors (Lipinski definition) is 2. The van der Waals surface area contributed by atoms with Gasteiger partial charge in [0, 0.05) is 13.1 Å². The van der Waals surface area contributed by atoms with Crippen LogP contribution in [0.3, 0.4) is 0 Å². The van der Waals surface area contributed by atoms with Gasteiger partial charge >= 0.3 is 0 Å². The summed E-state index contributed by atoms with van der Waals surface area (Å²) in [7, 11) is 0. The molecule has 3 aromatic rings. The van der Waals surface area contributed by atoms with E-state index in [1.807, 2.05) is 30.3 Å². The first-order valence-corrected chi connectivity index (χ1v) is 13.3. The zero-order valence-corrected chi connectivity index (χ0v) is 21.1. The number of ether oxygens (including phenoxy) is 2. The lowest BCUT2D eigenvalue weighted by molar-refractivity contribution is 0.0745. The molecular formula is C29H33NO4S. The molecule has 0 radical (unpaired) electrons. The van der Waals surface area contributed by atoms with Crippen molar-refractivity contribution in [2.24, 2.45) is 5.92 Å². The Kier molecular flexibility index (Phi) is 6.85. The molecule has 0 aromatic heterocycles. The summed E-state index contributed by atoms with van der Waals surface area (Å²) in [5.74, 6) is 2.85. The Hall–Kier alpha value is -2.83. The van der Waals surface area contributed by atoms with Crippen molar-refractivity contribution in [3.8, 4) is 23.0 Å². The average Bonchev–Trinajstić information content (AvgIpc) is 3.32. The Labute approximate surface area is 211 Å². The summed E-state index contributed by atoms with van der Waals surface area (Å²) < 4.78 is 12.7. The normalized spacial score (nSPS) is 24.1. The summed E-state index contributed by atoms with van der Waals surface area (Å²) in [6.45, 7) is 8.35. The van der Waals surface area contributed by atoms with Gasteiger partial charge in [0.25, 0.3) is 0 Å². The molecule has 0 saturated carbocycles. The molecule has 35 heavy (non-hydrogen) atoms. The first-order chi connectivity index (χ1) is 16.9. The Morgan fingerprint density at radius 3 is 2.60 bits per heavy atom. The maximum Gasteiger partial charge on any atom is 0.147 e. The Bertz CT molecular complexity index is 1170. The molecule has 5 nitrogen and oxygen atoms in total. The van der Waals surface area contributed by atoms with Gasteiger partial charge in [-0.05, 0) is 79.4 Å². The van der Waals surface area contributed by atoms with Crippen molar-refractivity contribution in [2.45, 2.75) is 42.4 Å². The molecule has 0 amide bonds. The van der Waals surface area contributed by atoms with Crippen molar-refractivity contribution < 1.29 is 19.7 Å². The van der Waals surface area contributed by atoms with Crippen LogP contribution in [0.4, 0.5) is 0 Å². The van der Waals surface area contributed by atoms with Crippen molar-refractivity contribution in [1.29, 1.82) is 0 Å². The lowest BCUT2D eigenvalue weighted by atomic mass is 9.87. The fraction of sp³-hybridized carbons (Fsp3) is 0.379. The molecule has 1 fully saturated rings. The number of hydrogen-bond acceptors (Lipinski definition) is 6. The number of aromatic hydroxyl groups is 2. The molecule has 1 saturated heterocycles. The highest BCUT2D eigenvalue weighted by atomic mass is 32.2. The van der Waals surface area contributed by atoms with Crippen LogP contribution in [0.5, 0.6) is 23.0 Å². The molecule has 2 heterocycles. The summed E-state index contributed by atoms with van der Waals surface area (Å²) in [5, 5.41) is 20.0. The number of phenols is 2. The first kappa shape index (κ1) is 23.9. The van der Waals surface area contributed by atoms with Gasteiger partial charge in [-0.3, -0.25) is 4.90 Å². The maximum atomic E-state index is 10.1. The molecule has 0 unspecified atom stereocenters. The smallest absolute Gasteiger partial charge is 0.147 e. The minimum atomic E-state index is -0.689. The van der Waals surface area contributed by atoms with E-state index < -0.39 is 5.60 Å². The Morgan fingerprint density at radius 2 is 1.86 bits per heavy atom. The van der Waals surface area contributed by atoms with Crippen molar-refractivity contribution in [3.63, 3.8) is 0 Å². The maximum absolute atomic E-state index is 10.1. The number of fused-ring (bicyclic) bond motifs is 1. The van der Waals surface area contributed by atoms with Crippen molar-refractivity contribution in [1.82, 2.24) is 4.90 Å². The van der Waals surface area contributed by atoms with Gasteiger partial charge in [0.1, 0.15) is 35.2 Å². The van der Waals surface area contributed by atoms with Crippen LogP contribution in [-0.4, -0.2) is 41.4 Å². The van der Waals surface area contributed by atoms with Gasteiger partial charge < -0.3 is 19.7 Å². The van der Waals surface area contributed by atoms with E-state index >= 15 is 0 Å². The third-order valence-corrected chi connectivity index (χ3v) is 8.75. The van der Waals surface area contributed by atoms with Crippen LogP contribution >= 0.6 is 11.8 Å². The second kappa shape index (κ2) is 10.0. The van der Waals surface area contributed by atoms with E-state index in [0.717, 1.165) is 40.0 Å². The quantitative estimate of drug-likeness (QED) is 0.402. The van der Waals surface area contributed by atoms with Crippen LogP contribution in [0.2, 0.25) is 0 Å². The average molecular weight is 492 g/mol. The second-order valence-electron chi connectivity index (χ2n) is 9.67. The highest BCUT2D eigenvalue weighted by Crippen LogP contribution is 2.57. The van der Waals surface area contributed by atoms with Gasteiger partial charge in [0.05, 0.1) is 10.1 Å². The number of likely N-dealkylation sites (tertiary alicyclic amines) is 1. The zero-order chi connectivity index (χ0) is 24.4. The van der Waals surface area contributed by atoms with E-state index in [4.69, 9.17) is 9.47 Å². The van der Waals surface area contributed by atoms with Gasteiger partial charge in [-0.2, -0.15) is 0 Å². The fourth-order valence-electron chi connectivity index (χ4n) is 5.10. The first-order valence-electron chi connectivity index (χ1n) is 12.4. The zero-order valence-electron chi connectivity index (χ0n) is 20.3. The molecular weight excluding hydrogens is 458 g/mol. The minimum absolute atomic E-state index is 0.127. The van der Waals surface area contributed by atoms with Crippen LogP contribution in [0, 0.1) is 5.92 Å². The topological polar surface area (TPSA) is 62.2 Å². The van der Waals surface area contributed by atoms with Gasteiger partial charge in [0.2, 0.25) is 0 Å². The number of rotatable bonds is 7. The van der Waals surface area contributed by atoms with Crippen LogP contribution in [-0.2, 0) is 5.60 Å². The second-order valence-corrected chi connectivity index (χ2v) is 10.8. The molecule has 0 aliphatic carbocycles. The van der Waals surface area contributed by atoms with Gasteiger partial charge in [-0.1, -0.05) is 37.6 Å². The molecule has 2 N–H and O–H groups in total. The standard InChI is InChI=1S/C29H33NO4S/c1-3-20-13-14-30(19-20)15-16-33-25-10-7-22(8-11-25)29(2)28(21-5-4-6-23(31)17-21)35-27-18-24(32)9-12-26(27)34-29/h4-12,17-18,20,28,31-32H,3,13-16,19H2,1-2H3/t20-,28+,29+/m0/s1. The summed E-state index contributed by atoms with van der Waals surface area (Å²) in [5.41, 5.74) is 1.30. The largest absolute Gasteiger partial charge is 0.508 e. The number of phenolic OH excluding ortho intramolecular Hbond substituents is 2. The van der Waals surface area contributed by atoms with E-state index in [9.17, 15) is 10.2 Å². The summed E-state index contributed by atoms with van der Waals surface area (Å²) in [6, 6.07) is 20.7. The van der Waals surface area contributed by atoms with Crippen LogP contribution in [0.15, 0.2) is 71.6 Å². The molecule has 0 bridgehead atoms. The predicted octanol–water partition coefficient (Wildman–Crippen LogP) is 6.35. The summed E-state index contributed by atoms with van der Waals surface area (Å²) in [6.07, 6.45) is 2.55. The fourth-order valence-corrected chi connectivity index (χ4v) is 6.46. The molecule has 0 spiro atoms. The van der Waals surface area contributed by atoms with E-state index in [2.05, 4.69) is 30.9 Å². The molecule has 184 valence electrons. The van der Waals surface area contributed by atoms with Crippen LogP contribution in [0.25, 0.3) is 0 Å². The van der Waals surface area contributed by atoms with E-state index in [1.165, 1.54) is 25.9 Å². The number of benzene rings is 3. The third kappa shape index (κ3) is 5.09. The molecule has 3 atom stereocenters. The third-order valence-electron chi connectivity index (χ3n) is 7.22. The summed E-state index contributed by atoms with van der Waals surface area (Å²) >= 11 is 1.64. The monoisotopic (exact) mass is 491 g/mol. The van der Waals surface area contributed by atoms with Crippen LogP contribution < -0.4 is 9.47 Å². The molecule has 3 aromatic carbocycles. The van der Waals surface area contributed by atoms with Crippen molar-refractivity contribution in [2.75, 3.05) is 26.2 Å². The SMILES string of the molecule is CC[C@H]1CCN(CCOc2ccc([C@@]3(C)Oc4ccc(O)cc4S[C@@H]3c3cccc(O)c3)cc2)C1. The van der Waals surface area contributed by atoms with Gasteiger partial charge in [-0.25, -0.2) is 0 Å². The highest BCUT2D eigenvalue weighted by molar-refractivity contribution is 7.99. The van der Waals surface area contributed by atoms with E-state index in [-0.39, 0.29) is 16.7 Å². The lowest BCUT2D eigenvalue weighted by Gasteiger charge is -2.42. The molecule has 2 aliphatic rings. The van der Waals surface area contributed by atoms with Crippen molar-refractivity contribution in [3.05, 3.63) is 77.9 Å². The molecule has 2 aliphatic heterocycles. The van der Waals surface area contributed by atoms with Gasteiger partial charge in [-0.15, -0.1) is 11.8 Å². The number of nitrogens with zero attached hydrogens (tertiary/aromatic N) is 1. The highest BCUT2D eigenvalue weighted by Gasteiger charge is 2.44. The molecule has 5 rings (SSSR count). The van der Waals surface area contributed by atoms with E-state index in [1.54, 1.807) is 36.0 Å². The lowest BCUT2D eigenvalue weighted by Crippen LogP contribution is -2.37. The van der Waals surface area contributed by atoms with E-state index in [0.29, 0.717) is 6.61 Å². The Morgan fingerprint density at radius 1 is 1.06 bits per heavy atom. The Balaban J connectivity index is 1.35. The summed E-state index contributed by atoms with van der Waals surface area (Å²) in [4.78, 5) is 3.37. The van der Waals surface area contributed by atoms with Crippen LogP contribution in [0.1, 0.15) is 43.1 Å². The molecule has 6 heteroatoms. The van der Waals surface area contributed by atoms with Gasteiger partial charge in [0.15, 0.2) is 0 Å². The predicted molar refractivity (Wildman–Crippen MR) is 140 cm³/mol.